The lowest BCUT2D eigenvalue weighted by Crippen LogP contribution is -2.06. The van der Waals surface area contributed by atoms with E-state index in [-0.39, 0.29) is 28.5 Å². The zero-order chi connectivity index (χ0) is 17.6. The van der Waals surface area contributed by atoms with E-state index in [2.05, 4.69) is 15.0 Å². The number of methoxy groups -OCH3 is 1. The quantitative estimate of drug-likeness (QED) is 0.777. The van der Waals surface area contributed by atoms with Gasteiger partial charge in [0, 0.05) is 7.05 Å². The van der Waals surface area contributed by atoms with Gasteiger partial charge in [-0.1, -0.05) is 0 Å². The van der Waals surface area contributed by atoms with Gasteiger partial charge < -0.3 is 14.4 Å². The molecular formula is C15H13F3N4O2. The van der Waals surface area contributed by atoms with Crippen LogP contribution in [0, 0.1) is 6.92 Å². The predicted molar refractivity (Wildman–Crippen MR) is 79.7 cm³/mol. The van der Waals surface area contributed by atoms with Crippen molar-refractivity contribution in [2.24, 2.45) is 7.05 Å². The Labute approximate surface area is 134 Å². The normalized spacial score (nSPS) is 11.9. The molecule has 0 saturated heterocycles. The van der Waals surface area contributed by atoms with E-state index >= 15 is 0 Å². The molecule has 0 aliphatic rings. The first-order valence-corrected chi connectivity index (χ1v) is 6.87. The van der Waals surface area contributed by atoms with Crippen molar-refractivity contribution in [3.8, 4) is 23.0 Å². The summed E-state index contributed by atoms with van der Waals surface area (Å²) < 4.78 is 45.1. The fraction of sp³-hybridized carbons (Fsp3) is 0.267. The van der Waals surface area contributed by atoms with Crippen LogP contribution in [0.1, 0.15) is 11.1 Å². The molecule has 9 heteroatoms. The molecule has 6 nitrogen and oxygen atoms in total. The lowest BCUT2D eigenvalue weighted by molar-refractivity contribution is -0.137. The van der Waals surface area contributed by atoms with Crippen LogP contribution in [0.5, 0.6) is 11.6 Å². The standard InChI is InChI=1S/C15H13F3N4O2/c1-7-4-8(15(16,17)18)5-9(23)11(7)13-21-12-14(22(13)2)19-6-10(20-12)24-3/h4-6,23H,1-3H3. The SMILES string of the molecule is COc1cnc2c(n1)nc(-c1c(C)cc(C(F)(F)F)cc1O)n2C. The van der Waals surface area contributed by atoms with E-state index in [9.17, 15) is 18.3 Å². The van der Waals surface area contributed by atoms with Crippen molar-refractivity contribution in [3.63, 3.8) is 0 Å². The third-order valence-corrected chi connectivity index (χ3v) is 3.64. The van der Waals surface area contributed by atoms with Gasteiger partial charge in [0.1, 0.15) is 11.6 Å². The summed E-state index contributed by atoms with van der Waals surface area (Å²) in [5.41, 5.74) is 0.213. The third-order valence-electron chi connectivity index (χ3n) is 3.64. The number of aromatic nitrogens is 4. The zero-order valence-corrected chi connectivity index (χ0v) is 13.0. The van der Waals surface area contributed by atoms with E-state index in [0.29, 0.717) is 11.7 Å². The summed E-state index contributed by atoms with van der Waals surface area (Å²) in [5.74, 6) is 0.0233. The lowest BCUT2D eigenvalue weighted by Gasteiger charge is -2.13. The summed E-state index contributed by atoms with van der Waals surface area (Å²) in [6.45, 7) is 1.48. The van der Waals surface area contributed by atoms with E-state index in [1.54, 1.807) is 11.6 Å². The first-order chi connectivity index (χ1) is 11.2. The molecule has 3 aromatic rings. The number of phenols is 1. The lowest BCUT2D eigenvalue weighted by atomic mass is 10.0. The maximum absolute atomic E-state index is 12.8. The van der Waals surface area contributed by atoms with E-state index in [0.717, 1.165) is 6.07 Å². The van der Waals surface area contributed by atoms with Crippen LogP contribution in [0.25, 0.3) is 22.7 Å². The van der Waals surface area contributed by atoms with Crippen molar-refractivity contribution in [1.82, 2.24) is 19.5 Å². The number of phenolic OH excluding ortho intramolecular Hbond substituents is 1. The van der Waals surface area contributed by atoms with E-state index in [1.807, 2.05) is 0 Å². The van der Waals surface area contributed by atoms with Gasteiger partial charge in [0.25, 0.3) is 0 Å². The number of aryl methyl sites for hydroxylation is 2. The highest BCUT2D eigenvalue weighted by molar-refractivity contribution is 5.78. The molecule has 0 radical (unpaired) electrons. The van der Waals surface area contributed by atoms with Crippen molar-refractivity contribution in [2.45, 2.75) is 13.1 Å². The van der Waals surface area contributed by atoms with Gasteiger partial charge in [-0.15, -0.1) is 0 Å². The van der Waals surface area contributed by atoms with Gasteiger partial charge in [-0.3, -0.25) is 0 Å². The van der Waals surface area contributed by atoms with Gasteiger partial charge in [-0.05, 0) is 24.6 Å². The monoisotopic (exact) mass is 338 g/mol. The average Bonchev–Trinajstić information content (AvgIpc) is 2.82. The number of nitrogens with zero attached hydrogens (tertiary/aromatic N) is 4. The van der Waals surface area contributed by atoms with Gasteiger partial charge >= 0.3 is 6.18 Å². The van der Waals surface area contributed by atoms with Crippen molar-refractivity contribution >= 4 is 11.3 Å². The van der Waals surface area contributed by atoms with Crippen LogP contribution in [0.4, 0.5) is 13.2 Å². The van der Waals surface area contributed by atoms with Crippen LogP contribution in [-0.4, -0.2) is 31.7 Å². The number of benzene rings is 1. The number of hydrogen-bond donors (Lipinski definition) is 1. The fourth-order valence-corrected chi connectivity index (χ4v) is 2.49. The molecule has 1 N–H and O–H groups in total. The van der Waals surface area contributed by atoms with Crippen LogP contribution < -0.4 is 4.74 Å². The molecule has 0 saturated carbocycles. The second kappa shape index (κ2) is 5.36. The molecular weight excluding hydrogens is 325 g/mol. The molecule has 0 atom stereocenters. The van der Waals surface area contributed by atoms with Gasteiger partial charge in [0.2, 0.25) is 11.5 Å². The number of hydrogen-bond acceptors (Lipinski definition) is 5. The highest BCUT2D eigenvalue weighted by atomic mass is 19.4. The first kappa shape index (κ1) is 16.0. The van der Waals surface area contributed by atoms with Crippen molar-refractivity contribution in [3.05, 3.63) is 29.5 Å². The summed E-state index contributed by atoms with van der Waals surface area (Å²) in [4.78, 5) is 12.6. The molecule has 24 heavy (non-hydrogen) atoms. The van der Waals surface area contributed by atoms with Gasteiger partial charge in [0.05, 0.1) is 24.4 Å². The number of halogens is 3. The van der Waals surface area contributed by atoms with Crippen molar-refractivity contribution < 1.29 is 23.0 Å². The first-order valence-electron chi connectivity index (χ1n) is 6.87. The molecule has 0 bridgehead atoms. The summed E-state index contributed by atoms with van der Waals surface area (Å²) in [6, 6.07) is 1.65. The molecule has 2 heterocycles. The minimum atomic E-state index is -4.54. The maximum atomic E-state index is 12.8. The Balaban J connectivity index is 2.22. The minimum Gasteiger partial charge on any atom is -0.507 e. The minimum absolute atomic E-state index is 0.198. The molecule has 3 rings (SSSR count). The molecule has 0 unspecified atom stereocenters. The van der Waals surface area contributed by atoms with E-state index < -0.39 is 17.5 Å². The summed E-state index contributed by atoms with van der Waals surface area (Å²) in [5, 5.41) is 10.1. The molecule has 126 valence electrons. The Morgan fingerprint density at radius 3 is 2.50 bits per heavy atom. The number of alkyl halides is 3. The Kier molecular flexibility index (Phi) is 3.58. The topological polar surface area (TPSA) is 73.1 Å². The van der Waals surface area contributed by atoms with Crippen LogP contribution in [-0.2, 0) is 13.2 Å². The largest absolute Gasteiger partial charge is 0.507 e. The van der Waals surface area contributed by atoms with E-state index in [4.69, 9.17) is 4.74 Å². The van der Waals surface area contributed by atoms with Gasteiger partial charge in [-0.25, -0.2) is 9.97 Å². The van der Waals surface area contributed by atoms with Crippen LogP contribution in [0.2, 0.25) is 0 Å². The predicted octanol–water partition coefficient (Wildman–Crippen LogP) is 3.07. The van der Waals surface area contributed by atoms with Crippen LogP contribution in [0.15, 0.2) is 18.3 Å². The fourth-order valence-electron chi connectivity index (χ4n) is 2.49. The van der Waals surface area contributed by atoms with Crippen molar-refractivity contribution in [2.75, 3.05) is 7.11 Å². The second-order valence-corrected chi connectivity index (χ2v) is 5.24. The number of aromatic hydroxyl groups is 1. The molecule has 0 aliphatic carbocycles. The number of ether oxygens (including phenoxy) is 1. The van der Waals surface area contributed by atoms with Gasteiger partial charge in [-0.2, -0.15) is 18.2 Å². The Morgan fingerprint density at radius 1 is 1.21 bits per heavy atom. The van der Waals surface area contributed by atoms with Gasteiger partial charge in [0.15, 0.2) is 5.65 Å². The second-order valence-electron chi connectivity index (χ2n) is 5.24. The summed E-state index contributed by atoms with van der Waals surface area (Å²) in [7, 11) is 3.08. The molecule has 1 aromatic carbocycles. The highest BCUT2D eigenvalue weighted by Crippen LogP contribution is 2.39. The van der Waals surface area contributed by atoms with Crippen LogP contribution >= 0.6 is 0 Å². The highest BCUT2D eigenvalue weighted by Gasteiger charge is 2.32. The van der Waals surface area contributed by atoms with E-state index in [1.165, 1.54) is 20.2 Å². The zero-order valence-electron chi connectivity index (χ0n) is 13.0. The molecule has 0 amide bonds. The number of fused-ring (bicyclic) bond motifs is 1. The Morgan fingerprint density at radius 2 is 1.92 bits per heavy atom. The average molecular weight is 338 g/mol. The third kappa shape index (κ3) is 2.51. The smallest absolute Gasteiger partial charge is 0.416 e. The number of imidazole rings is 1. The molecule has 0 fully saturated rings. The molecule has 0 aliphatic heterocycles. The number of rotatable bonds is 2. The van der Waals surface area contributed by atoms with Crippen molar-refractivity contribution in [1.29, 1.82) is 0 Å². The summed E-state index contributed by atoms with van der Waals surface area (Å²) in [6.07, 6.45) is -3.13. The molecule has 0 spiro atoms. The van der Waals surface area contributed by atoms with Crippen LogP contribution in [0.3, 0.4) is 0 Å². The summed E-state index contributed by atoms with van der Waals surface area (Å²) >= 11 is 0. The maximum Gasteiger partial charge on any atom is 0.416 e. The Bertz CT molecular complexity index is 911. The Hall–Kier alpha value is -2.84. The molecule has 2 aromatic heterocycles.